The third-order valence-corrected chi connectivity index (χ3v) is 7.44. The lowest BCUT2D eigenvalue weighted by molar-refractivity contribution is -0.148. The normalized spacial score (nSPS) is 11.5. The van der Waals surface area contributed by atoms with Gasteiger partial charge in [0.1, 0.15) is 23.9 Å². The van der Waals surface area contributed by atoms with Gasteiger partial charge in [0.2, 0.25) is 0 Å². The average Bonchev–Trinajstić information content (AvgIpc) is 3.24. The summed E-state index contributed by atoms with van der Waals surface area (Å²) in [4.78, 5) is 20.9. The standard InChI is InChI=1S/C29H33N3O5S/c1-18-14-30-24(19(2)26(18)36-6)16-38-28-31-23-13-22(35-5)11-12-25(23)32(28)15-20-7-9-21(10-8-20)37-17-29(3,4)27(33)34/h7-14H,15-17H2,1-6H3,(H,33,34). The first kappa shape index (κ1) is 27.3. The van der Waals surface area contributed by atoms with E-state index in [4.69, 9.17) is 19.2 Å². The molecular weight excluding hydrogens is 502 g/mol. The Bertz CT molecular complexity index is 1450. The molecule has 0 aliphatic carbocycles. The van der Waals surface area contributed by atoms with Gasteiger partial charge in [0.05, 0.1) is 42.9 Å². The number of aryl methyl sites for hydroxylation is 1. The lowest BCUT2D eigenvalue weighted by atomic mass is 9.95. The van der Waals surface area contributed by atoms with Crippen molar-refractivity contribution < 1.29 is 24.1 Å². The molecule has 0 bridgehead atoms. The fraction of sp³-hybridized carbons (Fsp3) is 0.345. The Kier molecular flexibility index (Phi) is 8.16. The zero-order valence-corrected chi connectivity index (χ0v) is 23.4. The molecule has 0 amide bonds. The van der Waals surface area contributed by atoms with E-state index in [0.717, 1.165) is 50.1 Å². The van der Waals surface area contributed by atoms with Crippen LogP contribution in [0.4, 0.5) is 0 Å². The van der Waals surface area contributed by atoms with Crippen LogP contribution in [0, 0.1) is 19.3 Å². The number of thioether (sulfide) groups is 1. The SMILES string of the molecule is COc1ccc2c(c1)nc(SCc1ncc(C)c(OC)c1C)n2Cc1ccc(OCC(C)(C)C(=O)O)cc1. The second-order valence-corrected chi connectivity index (χ2v) is 10.7. The number of carboxylic acid groups (broad SMARTS) is 1. The molecule has 38 heavy (non-hydrogen) atoms. The third-order valence-electron chi connectivity index (χ3n) is 6.45. The van der Waals surface area contributed by atoms with Crippen molar-refractivity contribution in [1.29, 1.82) is 0 Å². The topological polar surface area (TPSA) is 95.7 Å². The van der Waals surface area contributed by atoms with Crippen LogP contribution in [0.2, 0.25) is 0 Å². The van der Waals surface area contributed by atoms with E-state index >= 15 is 0 Å². The van der Waals surface area contributed by atoms with Crippen molar-refractivity contribution >= 4 is 28.8 Å². The molecule has 2 aromatic heterocycles. The van der Waals surface area contributed by atoms with Crippen molar-refractivity contribution in [2.75, 3.05) is 20.8 Å². The minimum Gasteiger partial charge on any atom is -0.497 e. The molecule has 0 unspecified atom stereocenters. The van der Waals surface area contributed by atoms with Gasteiger partial charge in [-0.3, -0.25) is 9.78 Å². The molecule has 200 valence electrons. The number of nitrogens with zero attached hydrogens (tertiary/aromatic N) is 3. The highest BCUT2D eigenvalue weighted by Crippen LogP contribution is 2.32. The number of methoxy groups -OCH3 is 2. The molecular formula is C29H33N3O5S. The minimum atomic E-state index is -0.962. The van der Waals surface area contributed by atoms with E-state index in [2.05, 4.69) is 9.55 Å². The summed E-state index contributed by atoms with van der Waals surface area (Å²) in [6.07, 6.45) is 1.84. The predicted octanol–water partition coefficient (Wildman–Crippen LogP) is 5.90. The van der Waals surface area contributed by atoms with Crippen molar-refractivity contribution in [1.82, 2.24) is 14.5 Å². The molecule has 2 heterocycles. The molecule has 8 nitrogen and oxygen atoms in total. The zero-order chi connectivity index (χ0) is 27.4. The van der Waals surface area contributed by atoms with Crippen LogP contribution in [0.5, 0.6) is 17.2 Å². The van der Waals surface area contributed by atoms with E-state index in [9.17, 15) is 9.90 Å². The number of pyridine rings is 1. The third kappa shape index (κ3) is 5.88. The first-order chi connectivity index (χ1) is 18.1. The largest absolute Gasteiger partial charge is 0.497 e. The summed E-state index contributed by atoms with van der Waals surface area (Å²) >= 11 is 1.63. The van der Waals surface area contributed by atoms with Crippen molar-refractivity contribution in [3.63, 3.8) is 0 Å². The molecule has 1 N–H and O–H groups in total. The number of imidazole rings is 1. The summed E-state index contributed by atoms with van der Waals surface area (Å²) in [5.41, 5.74) is 4.97. The van der Waals surface area contributed by atoms with Crippen LogP contribution in [-0.4, -0.2) is 46.4 Å². The molecule has 4 rings (SSSR count). The smallest absolute Gasteiger partial charge is 0.312 e. The van der Waals surface area contributed by atoms with Gasteiger partial charge in [-0.15, -0.1) is 0 Å². The van der Waals surface area contributed by atoms with Gasteiger partial charge < -0.3 is 23.9 Å². The molecule has 0 radical (unpaired) electrons. The van der Waals surface area contributed by atoms with E-state index in [0.29, 0.717) is 18.0 Å². The number of rotatable bonds is 11. The van der Waals surface area contributed by atoms with Crippen LogP contribution in [0.15, 0.2) is 53.8 Å². The second-order valence-electron chi connectivity index (χ2n) is 9.79. The number of aliphatic carboxylic acids is 1. The number of benzene rings is 2. The van der Waals surface area contributed by atoms with E-state index in [1.165, 1.54) is 0 Å². The van der Waals surface area contributed by atoms with Gasteiger partial charge in [-0.05, 0) is 57.5 Å². The summed E-state index contributed by atoms with van der Waals surface area (Å²) in [6.45, 7) is 8.01. The number of carbonyl (C=O) groups is 1. The highest BCUT2D eigenvalue weighted by atomic mass is 32.2. The van der Waals surface area contributed by atoms with Crippen molar-refractivity contribution in [3.8, 4) is 17.2 Å². The number of aromatic nitrogens is 3. The number of ether oxygens (including phenoxy) is 3. The fourth-order valence-corrected chi connectivity index (χ4v) is 5.06. The van der Waals surface area contributed by atoms with Gasteiger partial charge in [0, 0.05) is 29.1 Å². The summed E-state index contributed by atoms with van der Waals surface area (Å²) < 4.78 is 18.9. The van der Waals surface area contributed by atoms with Gasteiger partial charge in [-0.25, -0.2) is 4.98 Å². The Morgan fingerprint density at radius 2 is 1.76 bits per heavy atom. The van der Waals surface area contributed by atoms with Crippen LogP contribution in [0.25, 0.3) is 11.0 Å². The molecule has 0 saturated heterocycles. The lowest BCUT2D eigenvalue weighted by Gasteiger charge is -2.19. The Labute approximate surface area is 227 Å². The molecule has 0 atom stereocenters. The summed E-state index contributed by atoms with van der Waals surface area (Å²) in [6, 6.07) is 13.6. The molecule has 0 aliphatic heterocycles. The van der Waals surface area contributed by atoms with Crippen molar-refractivity contribution in [2.24, 2.45) is 5.41 Å². The quantitative estimate of drug-likeness (QED) is 0.237. The Morgan fingerprint density at radius 3 is 2.42 bits per heavy atom. The number of hydrogen-bond donors (Lipinski definition) is 1. The Balaban J connectivity index is 1.59. The van der Waals surface area contributed by atoms with Crippen LogP contribution in [0.1, 0.15) is 36.2 Å². The maximum Gasteiger partial charge on any atom is 0.312 e. The molecule has 0 spiro atoms. The Hall–Kier alpha value is -3.72. The van der Waals surface area contributed by atoms with Crippen LogP contribution < -0.4 is 14.2 Å². The average molecular weight is 536 g/mol. The van der Waals surface area contributed by atoms with Gasteiger partial charge >= 0.3 is 5.97 Å². The molecule has 0 saturated carbocycles. The highest BCUT2D eigenvalue weighted by molar-refractivity contribution is 7.98. The summed E-state index contributed by atoms with van der Waals surface area (Å²) in [7, 11) is 3.33. The van der Waals surface area contributed by atoms with Crippen molar-refractivity contribution in [2.45, 2.75) is 45.1 Å². The number of hydrogen-bond acceptors (Lipinski definition) is 7. The highest BCUT2D eigenvalue weighted by Gasteiger charge is 2.28. The van der Waals surface area contributed by atoms with Gasteiger partial charge in [0.15, 0.2) is 5.16 Å². The molecule has 4 aromatic rings. The predicted molar refractivity (Wildman–Crippen MR) is 149 cm³/mol. The van der Waals surface area contributed by atoms with Gasteiger partial charge in [0.25, 0.3) is 0 Å². The van der Waals surface area contributed by atoms with E-state index in [-0.39, 0.29) is 6.61 Å². The molecule has 0 fully saturated rings. The summed E-state index contributed by atoms with van der Waals surface area (Å²) in [5.74, 6) is 2.01. The molecule has 2 aromatic carbocycles. The number of carboxylic acids is 1. The fourth-order valence-electron chi connectivity index (χ4n) is 4.03. The molecule has 0 aliphatic rings. The summed E-state index contributed by atoms with van der Waals surface area (Å²) in [5, 5.41) is 10.2. The number of fused-ring (bicyclic) bond motifs is 1. The molecule has 9 heteroatoms. The second kappa shape index (κ2) is 11.3. The van der Waals surface area contributed by atoms with Gasteiger partial charge in [-0.1, -0.05) is 23.9 Å². The van der Waals surface area contributed by atoms with E-state index in [1.54, 1.807) is 39.8 Å². The van der Waals surface area contributed by atoms with Crippen LogP contribution in [0.3, 0.4) is 0 Å². The van der Waals surface area contributed by atoms with Gasteiger partial charge in [-0.2, -0.15) is 0 Å². The maximum atomic E-state index is 11.4. The first-order valence-corrected chi connectivity index (χ1v) is 13.2. The zero-order valence-electron chi connectivity index (χ0n) is 22.6. The minimum absolute atomic E-state index is 0.0910. The first-order valence-electron chi connectivity index (χ1n) is 12.2. The Morgan fingerprint density at radius 1 is 1.05 bits per heavy atom. The monoisotopic (exact) mass is 535 g/mol. The lowest BCUT2D eigenvalue weighted by Crippen LogP contribution is -2.30. The van der Waals surface area contributed by atoms with E-state index in [1.807, 2.05) is 62.5 Å². The maximum absolute atomic E-state index is 11.4. The van der Waals surface area contributed by atoms with E-state index < -0.39 is 11.4 Å². The van der Waals surface area contributed by atoms with Crippen molar-refractivity contribution in [3.05, 3.63) is 71.0 Å². The van der Waals surface area contributed by atoms with Crippen LogP contribution >= 0.6 is 11.8 Å². The van der Waals surface area contributed by atoms with Crippen LogP contribution in [-0.2, 0) is 17.1 Å².